The Balaban J connectivity index is 1.40. The Morgan fingerprint density at radius 3 is 2.48 bits per heavy atom. The van der Waals surface area contributed by atoms with Crippen molar-refractivity contribution < 1.29 is 4.79 Å². The van der Waals surface area contributed by atoms with Crippen LogP contribution >= 0.6 is 0 Å². The number of hydrogen-bond acceptors (Lipinski definition) is 2. The van der Waals surface area contributed by atoms with Crippen LogP contribution in [0.1, 0.15) is 29.7 Å². The number of hydrogen-bond donors (Lipinski definition) is 1. The van der Waals surface area contributed by atoms with E-state index in [0.717, 1.165) is 38.6 Å². The van der Waals surface area contributed by atoms with E-state index < -0.39 is 0 Å². The zero-order chi connectivity index (χ0) is 19.2. The summed E-state index contributed by atoms with van der Waals surface area (Å²) in [5, 5.41) is 3.36. The van der Waals surface area contributed by atoms with Crippen LogP contribution in [0, 0.1) is 0 Å². The number of carbonyl (C=O) groups excluding carboxylic acids is 1. The van der Waals surface area contributed by atoms with Crippen molar-refractivity contribution in [2.75, 3.05) is 20.6 Å². The molecule has 0 unspecified atom stereocenters. The summed E-state index contributed by atoms with van der Waals surface area (Å²) in [6.45, 7) is 3.00. The van der Waals surface area contributed by atoms with E-state index in [1.165, 1.54) is 16.8 Å². The molecule has 1 aromatic carbocycles. The molecule has 3 rings (SSSR count). The molecule has 1 N–H and O–H groups in total. The molecule has 0 aliphatic carbocycles. The predicted molar refractivity (Wildman–Crippen MR) is 108 cm³/mol. The first-order valence-electron chi connectivity index (χ1n) is 9.45. The number of aliphatic imine (C=N–C) groups is 1. The molecule has 1 amide bonds. The fourth-order valence-corrected chi connectivity index (χ4v) is 3.47. The number of benzene rings is 1. The molecule has 0 bridgehead atoms. The van der Waals surface area contributed by atoms with Crippen molar-refractivity contribution >= 4 is 11.9 Å². The molecule has 27 heavy (non-hydrogen) atoms. The van der Waals surface area contributed by atoms with Gasteiger partial charge >= 0.3 is 0 Å². The van der Waals surface area contributed by atoms with Gasteiger partial charge in [0.1, 0.15) is 0 Å². The van der Waals surface area contributed by atoms with E-state index in [1.54, 1.807) is 7.05 Å². The first-order chi connectivity index (χ1) is 13.1. The molecule has 1 aromatic heterocycles. The molecule has 2 aromatic rings. The largest absolute Gasteiger partial charge is 0.356 e. The van der Waals surface area contributed by atoms with Crippen LogP contribution in [0.5, 0.6) is 0 Å². The van der Waals surface area contributed by atoms with Crippen molar-refractivity contribution in [3.8, 4) is 0 Å². The summed E-state index contributed by atoms with van der Waals surface area (Å²) in [6.07, 6.45) is 3.39. The van der Waals surface area contributed by atoms with Crippen LogP contribution in [0.3, 0.4) is 0 Å². The van der Waals surface area contributed by atoms with Crippen molar-refractivity contribution in [2.45, 2.75) is 32.5 Å². The number of rotatable bonds is 6. The monoisotopic (exact) mass is 367 g/mol. The summed E-state index contributed by atoms with van der Waals surface area (Å²) in [7, 11) is 5.85. The maximum atomic E-state index is 12.5. The van der Waals surface area contributed by atoms with E-state index in [1.807, 2.05) is 43.4 Å². The van der Waals surface area contributed by atoms with E-state index in [0.29, 0.717) is 6.42 Å². The van der Waals surface area contributed by atoms with Gasteiger partial charge in [0.2, 0.25) is 5.91 Å². The highest BCUT2D eigenvalue weighted by Crippen LogP contribution is 2.22. The standard InChI is InChI=1S/C21H29N5O/c1-22-21(25(3)16-19-10-7-13-24(19)2)23-12-6-11-20(27)26-14-17-8-4-5-9-18(17)15-26/h4-5,7-10,13H,6,11-12,14-16H2,1-3H3,(H,22,23). The maximum absolute atomic E-state index is 12.5. The second-order valence-corrected chi connectivity index (χ2v) is 7.06. The van der Waals surface area contributed by atoms with Crippen LogP contribution < -0.4 is 5.32 Å². The maximum Gasteiger partial charge on any atom is 0.223 e. The van der Waals surface area contributed by atoms with Gasteiger partial charge in [0.15, 0.2) is 5.96 Å². The highest BCUT2D eigenvalue weighted by molar-refractivity contribution is 5.80. The average Bonchev–Trinajstić information content (AvgIpc) is 3.27. The lowest BCUT2D eigenvalue weighted by atomic mass is 10.1. The molecule has 144 valence electrons. The van der Waals surface area contributed by atoms with E-state index in [9.17, 15) is 4.79 Å². The molecule has 0 saturated heterocycles. The zero-order valence-electron chi connectivity index (χ0n) is 16.5. The normalized spacial score (nSPS) is 13.6. The van der Waals surface area contributed by atoms with Crippen molar-refractivity contribution in [1.82, 2.24) is 19.7 Å². The van der Waals surface area contributed by atoms with Gasteiger partial charge < -0.3 is 19.7 Å². The molecular weight excluding hydrogens is 338 g/mol. The van der Waals surface area contributed by atoms with E-state index in [4.69, 9.17) is 0 Å². The Hall–Kier alpha value is -2.76. The molecule has 0 spiro atoms. The third-order valence-electron chi connectivity index (χ3n) is 5.07. The third-order valence-corrected chi connectivity index (χ3v) is 5.07. The highest BCUT2D eigenvalue weighted by Gasteiger charge is 2.22. The minimum atomic E-state index is 0.222. The molecule has 0 radical (unpaired) electrons. The van der Waals surface area contributed by atoms with Gasteiger partial charge in [0.25, 0.3) is 0 Å². The van der Waals surface area contributed by atoms with Crippen LogP contribution in [0.25, 0.3) is 0 Å². The fourth-order valence-electron chi connectivity index (χ4n) is 3.47. The van der Waals surface area contributed by atoms with Gasteiger partial charge in [0, 0.05) is 59.1 Å². The Kier molecular flexibility index (Phi) is 6.16. The molecule has 1 aliphatic heterocycles. The van der Waals surface area contributed by atoms with E-state index in [2.05, 4.69) is 38.0 Å². The van der Waals surface area contributed by atoms with Gasteiger partial charge in [-0.05, 0) is 29.7 Å². The minimum Gasteiger partial charge on any atom is -0.356 e. The molecule has 2 heterocycles. The van der Waals surface area contributed by atoms with Gasteiger partial charge in [0.05, 0.1) is 6.54 Å². The molecule has 1 aliphatic rings. The first-order valence-corrected chi connectivity index (χ1v) is 9.45. The highest BCUT2D eigenvalue weighted by atomic mass is 16.2. The predicted octanol–water partition coefficient (Wildman–Crippen LogP) is 2.35. The van der Waals surface area contributed by atoms with Crippen molar-refractivity contribution in [1.29, 1.82) is 0 Å². The Morgan fingerprint density at radius 2 is 1.89 bits per heavy atom. The van der Waals surface area contributed by atoms with Gasteiger partial charge in [-0.1, -0.05) is 24.3 Å². The summed E-state index contributed by atoms with van der Waals surface area (Å²) < 4.78 is 2.11. The number of fused-ring (bicyclic) bond motifs is 1. The number of nitrogens with one attached hydrogen (secondary N) is 1. The molecule has 6 heteroatoms. The van der Waals surface area contributed by atoms with Crippen LogP contribution in [0.15, 0.2) is 47.6 Å². The Bertz CT molecular complexity index is 785. The number of carbonyl (C=O) groups is 1. The average molecular weight is 367 g/mol. The van der Waals surface area contributed by atoms with E-state index in [-0.39, 0.29) is 5.91 Å². The first kappa shape index (κ1) is 19.0. The smallest absolute Gasteiger partial charge is 0.223 e. The number of amides is 1. The van der Waals surface area contributed by atoms with Crippen LogP contribution in [0.4, 0.5) is 0 Å². The lowest BCUT2D eigenvalue weighted by Gasteiger charge is -2.22. The summed E-state index contributed by atoms with van der Waals surface area (Å²) in [5.74, 6) is 1.07. The SMILES string of the molecule is CN=C(NCCCC(=O)N1Cc2ccccc2C1)N(C)Cc1cccn1C. The number of guanidine groups is 1. The quantitative estimate of drug-likeness (QED) is 0.484. The lowest BCUT2D eigenvalue weighted by Crippen LogP contribution is -2.39. The van der Waals surface area contributed by atoms with Crippen LogP contribution in [0.2, 0.25) is 0 Å². The zero-order valence-corrected chi connectivity index (χ0v) is 16.5. The van der Waals surface area contributed by atoms with Crippen molar-refractivity contribution in [2.24, 2.45) is 12.0 Å². The summed E-state index contributed by atoms with van der Waals surface area (Å²) in [5.41, 5.74) is 3.77. The topological polar surface area (TPSA) is 52.9 Å². The number of aryl methyl sites for hydroxylation is 1. The molecule has 6 nitrogen and oxygen atoms in total. The van der Waals surface area contributed by atoms with Crippen molar-refractivity contribution in [3.05, 3.63) is 59.4 Å². The summed E-state index contributed by atoms with van der Waals surface area (Å²) >= 11 is 0. The summed E-state index contributed by atoms with van der Waals surface area (Å²) in [6, 6.07) is 12.4. The van der Waals surface area contributed by atoms with Crippen LogP contribution in [-0.4, -0.2) is 46.9 Å². The van der Waals surface area contributed by atoms with E-state index >= 15 is 0 Å². The summed E-state index contributed by atoms with van der Waals surface area (Å²) in [4.78, 5) is 20.8. The molecule has 0 atom stereocenters. The second kappa shape index (κ2) is 8.75. The molecule has 0 fully saturated rings. The second-order valence-electron chi connectivity index (χ2n) is 7.06. The molecular formula is C21H29N5O. The third kappa shape index (κ3) is 4.70. The van der Waals surface area contributed by atoms with Crippen molar-refractivity contribution in [3.63, 3.8) is 0 Å². The number of aromatic nitrogens is 1. The fraction of sp³-hybridized carbons (Fsp3) is 0.429. The Morgan fingerprint density at radius 1 is 1.19 bits per heavy atom. The number of nitrogens with zero attached hydrogens (tertiary/aromatic N) is 4. The van der Waals surface area contributed by atoms with Gasteiger partial charge in [-0.2, -0.15) is 0 Å². The Labute approximate surface area is 161 Å². The van der Waals surface area contributed by atoms with Gasteiger partial charge in [-0.15, -0.1) is 0 Å². The van der Waals surface area contributed by atoms with Gasteiger partial charge in [-0.3, -0.25) is 9.79 Å². The van der Waals surface area contributed by atoms with Gasteiger partial charge in [-0.25, -0.2) is 0 Å². The van der Waals surface area contributed by atoms with Crippen LogP contribution in [-0.2, 0) is 31.5 Å². The minimum absolute atomic E-state index is 0.222. The molecule has 0 saturated carbocycles. The lowest BCUT2D eigenvalue weighted by molar-refractivity contribution is -0.131.